The highest BCUT2D eigenvalue weighted by molar-refractivity contribution is 9.10. The van der Waals surface area contributed by atoms with Crippen molar-refractivity contribution in [2.75, 3.05) is 19.6 Å². The summed E-state index contributed by atoms with van der Waals surface area (Å²) in [6.45, 7) is 6.25. The van der Waals surface area contributed by atoms with Crippen molar-refractivity contribution in [1.29, 1.82) is 0 Å². The number of phenols is 1. The van der Waals surface area contributed by atoms with Crippen LogP contribution in [0.5, 0.6) is 5.75 Å². The molecule has 0 amide bonds. The van der Waals surface area contributed by atoms with E-state index in [4.69, 9.17) is 0 Å². The van der Waals surface area contributed by atoms with Crippen LogP contribution in [0, 0.1) is 0 Å². The molecular formula is C12H17BrN2O. The predicted molar refractivity (Wildman–Crippen MR) is 68.5 cm³/mol. The molecule has 0 aromatic heterocycles. The topological polar surface area (TPSA) is 35.5 Å². The molecule has 0 unspecified atom stereocenters. The molecule has 0 saturated carbocycles. The Bertz CT molecular complexity index is 370. The molecule has 0 bridgehead atoms. The van der Waals surface area contributed by atoms with E-state index in [1.54, 1.807) is 6.07 Å². The van der Waals surface area contributed by atoms with Gasteiger partial charge in [-0.25, -0.2) is 0 Å². The molecule has 3 nitrogen and oxygen atoms in total. The van der Waals surface area contributed by atoms with Gasteiger partial charge >= 0.3 is 0 Å². The van der Waals surface area contributed by atoms with Crippen LogP contribution in [0.3, 0.4) is 0 Å². The number of hydrogen-bond acceptors (Lipinski definition) is 3. The number of halogens is 1. The van der Waals surface area contributed by atoms with Crippen LogP contribution in [-0.2, 0) is 6.54 Å². The Hall–Kier alpha value is -0.580. The van der Waals surface area contributed by atoms with Gasteiger partial charge in [0, 0.05) is 36.7 Å². The van der Waals surface area contributed by atoms with Gasteiger partial charge in [0.1, 0.15) is 5.75 Å². The zero-order chi connectivity index (χ0) is 11.5. The van der Waals surface area contributed by atoms with Crippen LogP contribution in [0.25, 0.3) is 0 Å². The van der Waals surface area contributed by atoms with Crippen LogP contribution in [-0.4, -0.2) is 35.7 Å². The van der Waals surface area contributed by atoms with E-state index in [9.17, 15) is 5.11 Å². The number of phenolic OH excluding ortho intramolecular Hbond substituents is 1. The Labute approximate surface area is 105 Å². The summed E-state index contributed by atoms with van der Waals surface area (Å²) in [6.07, 6.45) is 0. The quantitative estimate of drug-likeness (QED) is 0.872. The van der Waals surface area contributed by atoms with Crippen LogP contribution in [0.15, 0.2) is 22.7 Å². The van der Waals surface area contributed by atoms with Gasteiger partial charge in [-0.05, 0) is 30.7 Å². The molecule has 88 valence electrons. The molecule has 1 saturated heterocycles. The Morgan fingerprint density at radius 3 is 3.12 bits per heavy atom. The van der Waals surface area contributed by atoms with Gasteiger partial charge in [-0.3, -0.25) is 4.90 Å². The lowest BCUT2D eigenvalue weighted by molar-refractivity contribution is 0.199. The van der Waals surface area contributed by atoms with Crippen molar-refractivity contribution in [2.45, 2.75) is 19.5 Å². The molecule has 1 aromatic carbocycles. The van der Waals surface area contributed by atoms with Crippen LogP contribution in [0.2, 0.25) is 0 Å². The second kappa shape index (κ2) is 5.17. The lowest BCUT2D eigenvalue weighted by Crippen LogP contribution is -2.48. The largest absolute Gasteiger partial charge is 0.508 e. The first-order chi connectivity index (χ1) is 7.65. The molecule has 4 heteroatoms. The first-order valence-corrected chi connectivity index (χ1v) is 6.37. The molecule has 1 aromatic rings. The minimum absolute atomic E-state index is 0.335. The van der Waals surface area contributed by atoms with Crippen molar-refractivity contribution in [3.8, 4) is 5.75 Å². The predicted octanol–water partition coefficient (Wildman–Crippen LogP) is 1.95. The van der Waals surface area contributed by atoms with Crippen molar-refractivity contribution in [3.05, 3.63) is 28.2 Å². The summed E-state index contributed by atoms with van der Waals surface area (Å²) in [7, 11) is 0. The zero-order valence-electron chi connectivity index (χ0n) is 9.41. The molecule has 1 aliphatic heterocycles. The maximum atomic E-state index is 9.47. The first kappa shape index (κ1) is 11.9. The van der Waals surface area contributed by atoms with Crippen LogP contribution < -0.4 is 5.32 Å². The van der Waals surface area contributed by atoms with Gasteiger partial charge in [-0.2, -0.15) is 0 Å². The van der Waals surface area contributed by atoms with E-state index in [0.717, 1.165) is 36.2 Å². The molecule has 16 heavy (non-hydrogen) atoms. The van der Waals surface area contributed by atoms with Gasteiger partial charge in [0.15, 0.2) is 0 Å². The van der Waals surface area contributed by atoms with Crippen molar-refractivity contribution in [1.82, 2.24) is 10.2 Å². The Kier molecular flexibility index (Phi) is 3.84. The average Bonchev–Trinajstić information content (AvgIpc) is 2.24. The third-order valence-electron chi connectivity index (χ3n) is 2.88. The Morgan fingerprint density at radius 1 is 1.56 bits per heavy atom. The molecule has 1 atom stereocenters. The van der Waals surface area contributed by atoms with Gasteiger partial charge in [-0.15, -0.1) is 0 Å². The minimum atomic E-state index is 0.335. The van der Waals surface area contributed by atoms with Gasteiger partial charge in [0.2, 0.25) is 0 Å². The van der Waals surface area contributed by atoms with Gasteiger partial charge < -0.3 is 10.4 Å². The Morgan fingerprint density at radius 2 is 2.38 bits per heavy atom. The van der Waals surface area contributed by atoms with E-state index in [-0.39, 0.29) is 0 Å². The first-order valence-electron chi connectivity index (χ1n) is 5.58. The summed E-state index contributed by atoms with van der Waals surface area (Å²) < 4.78 is 1.07. The number of benzene rings is 1. The maximum absolute atomic E-state index is 9.47. The molecule has 0 spiro atoms. The number of rotatable bonds is 2. The van der Waals surface area contributed by atoms with E-state index in [1.165, 1.54) is 0 Å². The van der Waals surface area contributed by atoms with Crippen LogP contribution in [0.4, 0.5) is 0 Å². The highest BCUT2D eigenvalue weighted by Crippen LogP contribution is 2.23. The summed E-state index contributed by atoms with van der Waals surface area (Å²) in [6, 6.07) is 5.98. The number of nitrogens with zero attached hydrogens (tertiary/aromatic N) is 1. The highest BCUT2D eigenvalue weighted by atomic mass is 79.9. The SMILES string of the molecule is C[C@@H]1CN(Cc2cc(O)ccc2Br)CCN1. The molecule has 2 N–H and O–H groups in total. The molecule has 1 aliphatic rings. The van der Waals surface area contributed by atoms with Crippen LogP contribution in [0.1, 0.15) is 12.5 Å². The fourth-order valence-electron chi connectivity index (χ4n) is 2.08. The number of piperazine rings is 1. The van der Waals surface area contributed by atoms with E-state index in [2.05, 4.69) is 33.1 Å². The summed E-state index contributed by atoms with van der Waals surface area (Å²) in [5.74, 6) is 0.335. The lowest BCUT2D eigenvalue weighted by atomic mass is 10.1. The van der Waals surface area contributed by atoms with Crippen molar-refractivity contribution < 1.29 is 5.11 Å². The molecule has 1 fully saturated rings. The van der Waals surface area contributed by atoms with Crippen molar-refractivity contribution in [2.24, 2.45) is 0 Å². The van der Waals surface area contributed by atoms with E-state index in [0.29, 0.717) is 11.8 Å². The molecule has 1 heterocycles. The Balaban J connectivity index is 2.05. The standard InChI is InChI=1S/C12H17BrN2O/c1-9-7-15(5-4-14-9)8-10-6-11(16)2-3-12(10)13/h2-3,6,9,14,16H,4-5,7-8H2,1H3/t9-/m1/s1. The molecule has 0 radical (unpaired) electrons. The number of hydrogen-bond donors (Lipinski definition) is 2. The zero-order valence-corrected chi connectivity index (χ0v) is 11.0. The molecular weight excluding hydrogens is 268 g/mol. The second-order valence-electron chi connectivity index (χ2n) is 4.37. The molecule has 0 aliphatic carbocycles. The summed E-state index contributed by atoms with van der Waals surface area (Å²) in [5.41, 5.74) is 1.15. The fraction of sp³-hybridized carbons (Fsp3) is 0.500. The monoisotopic (exact) mass is 284 g/mol. The van der Waals surface area contributed by atoms with Crippen molar-refractivity contribution in [3.63, 3.8) is 0 Å². The fourth-order valence-corrected chi connectivity index (χ4v) is 2.45. The summed E-state index contributed by atoms with van der Waals surface area (Å²) in [5, 5.41) is 12.9. The van der Waals surface area contributed by atoms with Crippen molar-refractivity contribution >= 4 is 15.9 Å². The number of nitrogens with one attached hydrogen (secondary N) is 1. The third-order valence-corrected chi connectivity index (χ3v) is 3.65. The average molecular weight is 285 g/mol. The van der Waals surface area contributed by atoms with E-state index in [1.807, 2.05) is 12.1 Å². The summed E-state index contributed by atoms with van der Waals surface area (Å²) in [4.78, 5) is 2.40. The van der Waals surface area contributed by atoms with Gasteiger partial charge in [-0.1, -0.05) is 15.9 Å². The minimum Gasteiger partial charge on any atom is -0.508 e. The van der Waals surface area contributed by atoms with E-state index >= 15 is 0 Å². The van der Waals surface area contributed by atoms with Crippen LogP contribution >= 0.6 is 15.9 Å². The highest BCUT2D eigenvalue weighted by Gasteiger charge is 2.16. The number of aromatic hydroxyl groups is 1. The smallest absolute Gasteiger partial charge is 0.115 e. The van der Waals surface area contributed by atoms with Gasteiger partial charge in [0.25, 0.3) is 0 Å². The second-order valence-corrected chi connectivity index (χ2v) is 5.22. The summed E-state index contributed by atoms with van der Waals surface area (Å²) >= 11 is 3.52. The maximum Gasteiger partial charge on any atom is 0.115 e. The molecule has 2 rings (SSSR count). The van der Waals surface area contributed by atoms with Gasteiger partial charge in [0.05, 0.1) is 0 Å². The normalized spacial score (nSPS) is 22.2. The third kappa shape index (κ3) is 2.97. The van der Waals surface area contributed by atoms with E-state index < -0.39 is 0 Å². The lowest BCUT2D eigenvalue weighted by Gasteiger charge is -2.32.